The van der Waals surface area contributed by atoms with Gasteiger partial charge in [-0.15, -0.1) is 0 Å². The molecule has 0 spiro atoms. The monoisotopic (exact) mass is 215 g/mol. The second-order valence-electron chi connectivity index (χ2n) is 4.63. The number of rotatable bonds is 5. The molecule has 1 rings (SSSR count). The van der Waals surface area contributed by atoms with Crippen molar-refractivity contribution in [3.05, 3.63) is 0 Å². The van der Waals surface area contributed by atoms with Gasteiger partial charge in [-0.05, 0) is 18.9 Å². The van der Waals surface area contributed by atoms with E-state index in [1.54, 1.807) is 7.11 Å². The van der Waals surface area contributed by atoms with Crippen LogP contribution in [0.4, 0.5) is 0 Å². The normalized spacial score (nSPS) is 27.5. The van der Waals surface area contributed by atoms with Crippen molar-refractivity contribution in [3.8, 4) is 0 Å². The van der Waals surface area contributed by atoms with Crippen LogP contribution in [-0.4, -0.2) is 49.3 Å². The van der Waals surface area contributed by atoms with Gasteiger partial charge in [0.15, 0.2) is 0 Å². The van der Waals surface area contributed by atoms with Crippen LogP contribution in [0.25, 0.3) is 0 Å². The summed E-state index contributed by atoms with van der Waals surface area (Å²) < 4.78 is 5.00. The van der Waals surface area contributed by atoms with Crippen LogP contribution in [0, 0.1) is 11.3 Å². The van der Waals surface area contributed by atoms with E-state index < -0.39 is 11.4 Å². The van der Waals surface area contributed by atoms with E-state index in [0.29, 0.717) is 13.2 Å². The molecule has 0 radical (unpaired) electrons. The van der Waals surface area contributed by atoms with Crippen LogP contribution in [-0.2, 0) is 9.53 Å². The van der Waals surface area contributed by atoms with Gasteiger partial charge in [-0.1, -0.05) is 13.8 Å². The number of hydrogen-bond donors (Lipinski definition) is 1. The molecule has 1 aliphatic heterocycles. The first-order valence-corrected chi connectivity index (χ1v) is 5.47. The van der Waals surface area contributed by atoms with Gasteiger partial charge >= 0.3 is 5.97 Å². The highest BCUT2D eigenvalue weighted by molar-refractivity contribution is 5.75. The Balaban J connectivity index is 2.60. The van der Waals surface area contributed by atoms with Crippen molar-refractivity contribution >= 4 is 5.97 Å². The number of ether oxygens (including phenoxy) is 1. The molecule has 1 heterocycles. The highest BCUT2D eigenvalue weighted by atomic mass is 16.5. The van der Waals surface area contributed by atoms with Crippen LogP contribution in [0.2, 0.25) is 0 Å². The summed E-state index contributed by atoms with van der Waals surface area (Å²) in [6.45, 7) is 7.02. The average molecular weight is 215 g/mol. The van der Waals surface area contributed by atoms with Crippen LogP contribution in [0.1, 0.15) is 20.3 Å². The summed E-state index contributed by atoms with van der Waals surface area (Å²) in [5.74, 6) is -0.472. The first-order chi connectivity index (χ1) is 7.03. The van der Waals surface area contributed by atoms with Crippen LogP contribution in [0.3, 0.4) is 0 Å². The number of carbonyl (C=O) groups is 1. The Kier molecular flexibility index (Phi) is 4.11. The van der Waals surface area contributed by atoms with E-state index in [1.165, 1.54) is 0 Å². The molecule has 15 heavy (non-hydrogen) atoms. The zero-order valence-corrected chi connectivity index (χ0v) is 9.82. The van der Waals surface area contributed by atoms with Crippen LogP contribution in [0.15, 0.2) is 0 Å². The van der Waals surface area contributed by atoms with E-state index in [9.17, 15) is 9.90 Å². The molecule has 1 aliphatic rings. The third-order valence-electron chi connectivity index (χ3n) is 3.52. The maximum atomic E-state index is 11.3. The Morgan fingerprint density at radius 3 is 2.67 bits per heavy atom. The van der Waals surface area contributed by atoms with Crippen LogP contribution < -0.4 is 0 Å². The molecular weight excluding hydrogens is 194 g/mol. The average Bonchev–Trinajstić information content (AvgIpc) is 2.60. The minimum Gasteiger partial charge on any atom is -0.481 e. The molecule has 0 bridgehead atoms. The number of methoxy groups -OCH3 is 1. The lowest BCUT2D eigenvalue weighted by atomic mass is 9.76. The number of likely N-dealkylation sites (tertiary alicyclic amines) is 1. The number of carboxylic acids is 1. The van der Waals surface area contributed by atoms with E-state index in [1.807, 2.05) is 13.8 Å². The molecular formula is C11H21NO3. The highest BCUT2D eigenvalue weighted by Crippen LogP contribution is 2.37. The Morgan fingerprint density at radius 2 is 2.27 bits per heavy atom. The molecule has 0 saturated carbocycles. The van der Waals surface area contributed by atoms with Crippen molar-refractivity contribution in [3.63, 3.8) is 0 Å². The Hall–Kier alpha value is -0.610. The van der Waals surface area contributed by atoms with Crippen molar-refractivity contribution in [1.82, 2.24) is 4.90 Å². The molecule has 0 amide bonds. The SMILES string of the molecule is COCCN1CCC(C(=O)O)(C(C)C)C1. The van der Waals surface area contributed by atoms with Gasteiger partial charge in [0.25, 0.3) is 0 Å². The zero-order chi connectivity index (χ0) is 11.5. The summed E-state index contributed by atoms with van der Waals surface area (Å²) in [6, 6.07) is 0. The summed E-state index contributed by atoms with van der Waals surface area (Å²) in [7, 11) is 1.67. The number of nitrogens with zero attached hydrogens (tertiary/aromatic N) is 1. The van der Waals surface area contributed by atoms with Gasteiger partial charge in [0.1, 0.15) is 0 Å². The second kappa shape index (κ2) is 4.94. The molecule has 1 atom stereocenters. The topological polar surface area (TPSA) is 49.8 Å². The maximum Gasteiger partial charge on any atom is 0.311 e. The lowest BCUT2D eigenvalue weighted by Gasteiger charge is -2.28. The number of hydrogen-bond acceptors (Lipinski definition) is 3. The first-order valence-electron chi connectivity index (χ1n) is 5.47. The molecule has 88 valence electrons. The standard InChI is InChI=1S/C11H21NO3/c1-9(2)11(10(13)14)4-5-12(8-11)6-7-15-3/h9H,4-8H2,1-3H3,(H,13,14). The summed E-state index contributed by atoms with van der Waals surface area (Å²) >= 11 is 0. The maximum absolute atomic E-state index is 11.3. The van der Waals surface area contributed by atoms with Crippen molar-refractivity contribution in [1.29, 1.82) is 0 Å². The molecule has 1 saturated heterocycles. The highest BCUT2D eigenvalue weighted by Gasteiger charge is 2.46. The predicted molar refractivity (Wildman–Crippen MR) is 57.8 cm³/mol. The minimum absolute atomic E-state index is 0.183. The van der Waals surface area contributed by atoms with Crippen molar-refractivity contribution in [2.24, 2.45) is 11.3 Å². The van der Waals surface area contributed by atoms with E-state index in [2.05, 4.69) is 4.90 Å². The third kappa shape index (κ3) is 2.49. The molecule has 4 heteroatoms. The van der Waals surface area contributed by atoms with E-state index >= 15 is 0 Å². The fraction of sp³-hybridized carbons (Fsp3) is 0.909. The molecule has 0 aromatic carbocycles. The van der Waals surface area contributed by atoms with Crippen molar-refractivity contribution < 1.29 is 14.6 Å². The van der Waals surface area contributed by atoms with E-state index in [0.717, 1.165) is 19.5 Å². The van der Waals surface area contributed by atoms with Gasteiger partial charge in [-0.3, -0.25) is 9.69 Å². The molecule has 0 aromatic heterocycles. The predicted octanol–water partition coefficient (Wildman–Crippen LogP) is 1.07. The molecule has 0 aliphatic carbocycles. The molecule has 4 nitrogen and oxygen atoms in total. The zero-order valence-electron chi connectivity index (χ0n) is 9.82. The molecule has 0 aromatic rings. The Bertz CT molecular complexity index is 230. The Morgan fingerprint density at radius 1 is 1.60 bits per heavy atom. The van der Waals surface area contributed by atoms with Gasteiger partial charge < -0.3 is 9.84 Å². The lowest BCUT2D eigenvalue weighted by molar-refractivity contribution is -0.151. The minimum atomic E-state index is -0.655. The Labute approximate surface area is 91.2 Å². The lowest BCUT2D eigenvalue weighted by Crippen LogP contribution is -2.39. The quantitative estimate of drug-likeness (QED) is 0.745. The van der Waals surface area contributed by atoms with Crippen molar-refractivity contribution in [2.45, 2.75) is 20.3 Å². The van der Waals surface area contributed by atoms with Gasteiger partial charge in [-0.25, -0.2) is 0 Å². The van der Waals surface area contributed by atoms with Gasteiger partial charge in [0, 0.05) is 20.2 Å². The van der Waals surface area contributed by atoms with E-state index in [-0.39, 0.29) is 5.92 Å². The largest absolute Gasteiger partial charge is 0.481 e. The van der Waals surface area contributed by atoms with Crippen LogP contribution in [0.5, 0.6) is 0 Å². The summed E-state index contributed by atoms with van der Waals surface area (Å²) in [5, 5.41) is 9.32. The van der Waals surface area contributed by atoms with Gasteiger partial charge in [0.2, 0.25) is 0 Å². The van der Waals surface area contributed by atoms with Gasteiger partial charge in [0.05, 0.1) is 12.0 Å². The number of carboxylic acid groups (broad SMARTS) is 1. The smallest absolute Gasteiger partial charge is 0.311 e. The van der Waals surface area contributed by atoms with Crippen LogP contribution >= 0.6 is 0 Å². The summed E-state index contributed by atoms with van der Waals surface area (Å²) in [4.78, 5) is 13.5. The van der Waals surface area contributed by atoms with Gasteiger partial charge in [-0.2, -0.15) is 0 Å². The summed E-state index contributed by atoms with van der Waals surface area (Å²) in [5.41, 5.74) is -0.548. The number of aliphatic carboxylic acids is 1. The third-order valence-corrected chi connectivity index (χ3v) is 3.52. The van der Waals surface area contributed by atoms with Crippen molar-refractivity contribution in [2.75, 3.05) is 33.4 Å². The molecule has 1 N–H and O–H groups in total. The summed E-state index contributed by atoms with van der Waals surface area (Å²) in [6.07, 6.45) is 0.754. The fourth-order valence-electron chi connectivity index (χ4n) is 2.22. The fourth-order valence-corrected chi connectivity index (χ4v) is 2.22. The second-order valence-corrected chi connectivity index (χ2v) is 4.63. The molecule has 1 fully saturated rings. The van der Waals surface area contributed by atoms with E-state index in [4.69, 9.17) is 4.74 Å². The first kappa shape index (κ1) is 12.5. The molecule has 1 unspecified atom stereocenters.